The molecule has 20 nitrogen and oxygen atoms in total. The minimum atomic E-state index is -3.34. The molecule has 10 N–H and O–H groups in total. The number of benzene rings is 3. The molecule has 1 unspecified atom stereocenters. The summed E-state index contributed by atoms with van der Waals surface area (Å²) in [5.74, 6) is -7.34. The van der Waals surface area contributed by atoms with Gasteiger partial charge in [-0.1, -0.05) is 65.7 Å². The number of amides is 2. The summed E-state index contributed by atoms with van der Waals surface area (Å²) in [5.41, 5.74) is 2.96. The van der Waals surface area contributed by atoms with E-state index in [2.05, 4.69) is 38.6 Å². The number of para-hydroxylation sites is 1. The monoisotopic (exact) mass is 1090 g/mol. The van der Waals surface area contributed by atoms with Crippen LogP contribution in [0.4, 0.5) is 0 Å². The summed E-state index contributed by atoms with van der Waals surface area (Å²) in [5, 5.41) is 77.7. The molecule has 9 rings (SSSR count). The van der Waals surface area contributed by atoms with Gasteiger partial charge in [0.25, 0.3) is 11.8 Å². The van der Waals surface area contributed by atoms with Gasteiger partial charge in [0.2, 0.25) is 5.78 Å². The van der Waals surface area contributed by atoms with E-state index in [9.17, 15) is 68.1 Å². The number of sulfone groups is 1. The smallest absolute Gasteiger partial charge is 0.255 e. The zero-order valence-corrected chi connectivity index (χ0v) is 43.9. The summed E-state index contributed by atoms with van der Waals surface area (Å²) in [6.07, 6.45) is 5.26. The number of aliphatic hydroxyl groups is 6. The number of primary amides is 1. The summed E-state index contributed by atoms with van der Waals surface area (Å²) < 4.78 is 26.9. The fourth-order valence-electron chi connectivity index (χ4n) is 10.8. The van der Waals surface area contributed by atoms with Crippen molar-refractivity contribution in [3.63, 3.8) is 0 Å². The number of carbonyl (C=O) groups excluding carboxylic acids is 5. The number of ketones is 3. The summed E-state index contributed by atoms with van der Waals surface area (Å²) in [6, 6.07) is 15.7. The lowest BCUT2D eigenvalue weighted by Gasteiger charge is -2.52. The molecule has 0 saturated heterocycles. The van der Waals surface area contributed by atoms with Crippen molar-refractivity contribution in [1.82, 2.24) is 24.3 Å². The van der Waals surface area contributed by atoms with E-state index in [-0.39, 0.29) is 34.1 Å². The molecule has 4 aliphatic rings. The predicted molar refractivity (Wildman–Crippen MR) is 275 cm³/mol. The zero-order chi connectivity index (χ0) is 55.4. The largest absolute Gasteiger partial charge is 0.510 e. The minimum absolute atomic E-state index is 0.0474. The van der Waals surface area contributed by atoms with Gasteiger partial charge < -0.3 is 55.9 Å². The number of nitrogens with one attached hydrogen (secondary N) is 1. The van der Waals surface area contributed by atoms with Gasteiger partial charge in [-0.05, 0) is 82.6 Å². The first-order valence-electron chi connectivity index (χ1n) is 23.6. The van der Waals surface area contributed by atoms with Crippen LogP contribution in [0.5, 0.6) is 5.75 Å². The molecule has 5 aromatic rings. The summed E-state index contributed by atoms with van der Waals surface area (Å²) in [7, 11) is 1.79. The van der Waals surface area contributed by atoms with Crippen molar-refractivity contribution in [2.45, 2.75) is 78.8 Å². The number of aromatic nitrogens is 3. The van der Waals surface area contributed by atoms with Crippen molar-refractivity contribution in [3.8, 4) is 5.75 Å². The fraction of sp³-hybridized carbons (Fsp3) is 0.385. The van der Waals surface area contributed by atoms with Crippen LogP contribution in [0.15, 0.2) is 107 Å². The van der Waals surface area contributed by atoms with Crippen molar-refractivity contribution >= 4 is 73.1 Å². The lowest BCUT2D eigenvalue weighted by atomic mass is 9.55. The van der Waals surface area contributed by atoms with E-state index >= 15 is 0 Å². The topological polar surface area (TPSA) is 325 Å². The molecule has 4 aliphatic carbocycles. The van der Waals surface area contributed by atoms with Gasteiger partial charge in [0, 0.05) is 77.7 Å². The van der Waals surface area contributed by atoms with E-state index in [4.69, 9.17) is 28.9 Å². The number of halogens is 2. The number of aromatic hydroxyl groups is 1. The molecule has 0 radical (unpaired) electrons. The van der Waals surface area contributed by atoms with Crippen LogP contribution in [0.1, 0.15) is 69.2 Å². The van der Waals surface area contributed by atoms with Gasteiger partial charge in [0.05, 0.1) is 34.8 Å². The molecule has 0 saturated carbocycles. The number of nitrogens with zero attached hydrogens (tertiary/aromatic N) is 4. The standard InChI is InChI=1S/C22H24N2O8.C18H19N3O.C12H15Cl2NO5S/c1-21(31)8-5-4-6-11(25)12(8)16(26)13-9(21)7-10-15(24(2)3)17(27)14(20(23)30)19(29)22(10,32)18(13)28;1-12-19-9-10-21(12)11-13-7-8-16-17(18(13)22)14-5-3-4-6-15(14)20(16)2;1-21(19,20)8-4-2-7(3-5-8)10(17)9(6-16)15-12(18)11(13)14/h4-6,9-10,15,25,27-28,31-32H,7H2,1-3H3,(H2,23,30);3-6,9-10,13H,7-8,11H2,1-2H3;2-5,9-11,16-17H,6H2,1H3,(H,15,18)/t9-,10-,15-,21+,22-;;9-,10-/m0.1/s1. The number of alkyl halides is 2. The molecule has 75 heavy (non-hydrogen) atoms. The third kappa shape index (κ3) is 10.1. The lowest BCUT2D eigenvalue weighted by molar-refractivity contribution is -0.152. The highest BCUT2D eigenvalue weighted by atomic mass is 35.5. The number of likely N-dealkylation sites (N-methyl/N-ethyl adjacent to an activating group) is 1. The molecule has 8 atom stereocenters. The first-order chi connectivity index (χ1) is 35.1. The Hall–Kier alpha value is -6.43. The molecule has 2 amide bonds. The molecular formula is C52H58Cl2N6O14S. The van der Waals surface area contributed by atoms with Crippen LogP contribution in [-0.4, -0.2) is 142 Å². The van der Waals surface area contributed by atoms with Gasteiger partial charge in [0.1, 0.15) is 34.8 Å². The number of imidazole rings is 1. The fourth-order valence-corrected chi connectivity index (χ4v) is 11.5. The van der Waals surface area contributed by atoms with Crippen LogP contribution >= 0.6 is 23.2 Å². The van der Waals surface area contributed by atoms with Crippen LogP contribution < -0.4 is 11.1 Å². The number of phenols is 1. The third-order valence-electron chi connectivity index (χ3n) is 14.7. The molecule has 0 spiro atoms. The molecular weight excluding hydrogens is 1040 g/mol. The molecule has 2 heterocycles. The zero-order valence-electron chi connectivity index (χ0n) is 41.6. The summed E-state index contributed by atoms with van der Waals surface area (Å²) >= 11 is 10.7. The third-order valence-corrected chi connectivity index (χ3v) is 16.2. The summed E-state index contributed by atoms with van der Waals surface area (Å²) in [6.45, 7) is 3.57. The molecule has 0 aliphatic heterocycles. The molecule has 2 aromatic heterocycles. The van der Waals surface area contributed by atoms with Crippen molar-refractivity contribution < 1.29 is 68.1 Å². The van der Waals surface area contributed by atoms with E-state index in [1.807, 2.05) is 25.3 Å². The van der Waals surface area contributed by atoms with Crippen LogP contribution in [0, 0.1) is 24.7 Å². The van der Waals surface area contributed by atoms with E-state index in [1.54, 1.807) is 6.20 Å². The van der Waals surface area contributed by atoms with Crippen molar-refractivity contribution in [1.29, 1.82) is 0 Å². The van der Waals surface area contributed by atoms with Gasteiger partial charge >= 0.3 is 0 Å². The van der Waals surface area contributed by atoms with Crippen LogP contribution in [0.3, 0.4) is 0 Å². The SMILES string of the molecule is CN(C)[C@@H]1C(O)=C(C(N)=O)C(=O)[C@@]2(O)C(O)=C3C(=O)c4c(O)cccc4[C@@](C)(O)[C@H]3C[C@@H]12.CS(=O)(=O)c1ccc([C@@H](O)[C@@H](CO)NC(=O)C(Cl)Cl)cc1.Cc1nccn1CC1CCc2c(c3ccccc3n2C)C1=O. The maximum atomic E-state index is 13.3. The lowest BCUT2D eigenvalue weighted by Crippen LogP contribution is -2.65. The van der Waals surface area contributed by atoms with Crippen LogP contribution in [0.2, 0.25) is 0 Å². The maximum absolute atomic E-state index is 13.3. The Balaban J connectivity index is 0.000000170. The molecule has 0 bridgehead atoms. The predicted octanol–water partition coefficient (Wildman–Crippen LogP) is 3.32. The minimum Gasteiger partial charge on any atom is -0.510 e. The average molecular weight is 1090 g/mol. The normalized spacial score (nSPS) is 24.1. The average Bonchev–Trinajstić information content (AvgIpc) is 3.90. The first kappa shape index (κ1) is 56.3. The number of aliphatic hydroxyl groups excluding tert-OH is 4. The van der Waals surface area contributed by atoms with Crippen molar-refractivity contribution in [2.24, 2.45) is 30.5 Å². The van der Waals surface area contributed by atoms with Crippen molar-refractivity contribution in [3.05, 3.63) is 136 Å². The second-order valence-corrected chi connectivity index (χ2v) is 22.6. The molecule has 23 heteroatoms. The van der Waals surface area contributed by atoms with Gasteiger partial charge in [0.15, 0.2) is 31.8 Å². The number of hydrogen-bond donors (Lipinski definition) is 9. The van der Waals surface area contributed by atoms with E-state index in [0.29, 0.717) is 5.56 Å². The number of fused-ring (bicyclic) bond motifs is 6. The highest BCUT2D eigenvalue weighted by Crippen LogP contribution is 2.56. The highest BCUT2D eigenvalue weighted by Gasteiger charge is 2.65. The number of carbonyl (C=O) groups is 5. The van der Waals surface area contributed by atoms with E-state index in [1.165, 1.54) is 74.1 Å². The quantitative estimate of drug-likeness (QED) is 0.0716. The van der Waals surface area contributed by atoms with Crippen LogP contribution in [0.25, 0.3) is 10.9 Å². The van der Waals surface area contributed by atoms with Crippen LogP contribution in [-0.2, 0) is 49.8 Å². The number of nitrogens with two attached hydrogens (primary N) is 1. The number of aryl methyl sites for hydroxylation is 2. The summed E-state index contributed by atoms with van der Waals surface area (Å²) in [4.78, 5) is 67.3. The Morgan fingerprint density at radius 1 is 0.987 bits per heavy atom. The first-order valence-corrected chi connectivity index (χ1v) is 26.3. The van der Waals surface area contributed by atoms with E-state index in [0.717, 1.165) is 47.9 Å². The van der Waals surface area contributed by atoms with Gasteiger partial charge in [-0.25, -0.2) is 13.4 Å². The van der Waals surface area contributed by atoms with E-state index < -0.39 is 114 Å². The molecule has 400 valence electrons. The Labute approximate surface area is 441 Å². The van der Waals surface area contributed by atoms with Gasteiger partial charge in [-0.15, -0.1) is 0 Å². The number of Topliss-reactive ketones (excluding diaryl/α,β-unsaturated/α-hetero) is 3. The highest BCUT2D eigenvalue weighted by molar-refractivity contribution is 7.90. The number of hydrogen-bond acceptors (Lipinski definition) is 16. The Morgan fingerprint density at radius 3 is 2.21 bits per heavy atom. The second-order valence-electron chi connectivity index (χ2n) is 19.5. The molecule has 0 fully saturated rings. The second kappa shape index (κ2) is 21.3. The van der Waals surface area contributed by atoms with Gasteiger partial charge in [-0.2, -0.15) is 0 Å². The maximum Gasteiger partial charge on any atom is 0.255 e. The molecule has 3 aromatic carbocycles. The Morgan fingerprint density at radius 2 is 1.64 bits per heavy atom. The Kier molecular flexibility index (Phi) is 16.0. The Bertz CT molecular complexity index is 3290. The number of phenolic OH excluding ortho intramolecular Hbond substituents is 1. The van der Waals surface area contributed by atoms with Gasteiger partial charge in [-0.3, -0.25) is 28.9 Å². The van der Waals surface area contributed by atoms with Crippen molar-refractivity contribution in [2.75, 3.05) is 27.0 Å². The number of rotatable bonds is 10.